The van der Waals surface area contributed by atoms with Crippen molar-refractivity contribution in [2.75, 3.05) is 6.54 Å². The first-order valence-corrected chi connectivity index (χ1v) is 4.69. The summed E-state index contributed by atoms with van der Waals surface area (Å²) in [6.45, 7) is 2.53. The molecule has 0 saturated carbocycles. The molecule has 0 aliphatic carbocycles. The van der Waals surface area contributed by atoms with Gasteiger partial charge in [-0.25, -0.2) is 4.79 Å². The number of rotatable bonds is 3. The summed E-state index contributed by atoms with van der Waals surface area (Å²) < 4.78 is 0. The number of aliphatic carboxylic acids is 1. The van der Waals surface area contributed by atoms with Gasteiger partial charge in [0, 0.05) is 13.0 Å². The van der Waals surface area contributed by atoms with E-state index in [1.165, 1.54) is 4.90 Å². The Morgan fingerprint density at radius 2 is 2.23 bits per heavy atom. The summed E-state index contributed by atoms with van der Waals surface area (Å²) in [5.41, 5.74) is 0. The molecular weight excluding hydrogens is 170 g/mol. The fourth-order valence-electron chi connectivity index (χ4n) is 1.68. The molecule has 1 N–H and O–H groups in total. The zero-order chi connectivity index (χ0) is 9.84. The molecule has 74 valence electrons. The third-order valence-corrected chi connectivity index (χ3v) is 2.32. The Balaban J connectivity index is 2.57. The van der Waals surface area contributed by atoms with Crippen molar-refractivity contribution in [3.63, 3.8) is 0 Å². The van der Waals surface area contributed by atoms with Gasteiger partial charge in [-0.05, 0) is 19.3 Å². The molecule has 1 aliphatic heterocycles. The fraction of sp³-hybridized carbons (Fsp3) is 0.778. The summed E-state index contributed by atoms with van der Waals surface area (Å²) in [5.74, 6) is -0.894. The molecule has 4 nitrogen and oxygen atoms in total. The quantitative estimate of drug-likeness (QED) is 0.709. The lowest BCUT2D eigenvalue weighted by Crippen LogP contribution is -2.40. The molecule has 1 heterocycles. The first kappa shape index (κ1) is 10.0. The van der Waals surface area contributed by atoms with E-state index < -0.39 is 12.0 Å². The van der Waals surface area contributed by atoms with Gasteiger partial charge in [0.2, 0.25) is 5.91 Å². The molecule has 1 atom stereocenters. The zero-order valence-electron chi connectivity index (χ0n) is 7.82. The van der Waals surface area contributed by atoms with Crippen LogP contribution in [0.15, 0.2) is 0 Å². The first-order chi connectivity index (χ1) is 6.16. The minimum atomic E-state index is -0.873. The molecule has 0 spiro atoms. The lowest BCUT2D eigenvalue weighted by atomic mass is 10.2. The lowest BCUT2D eigenvalue weighted by Gasteiger charge is -2.20. The second kappa shape index (κ2) is 4.25. The van der Waals surface area contributed by atoms with Gasteiger partial charge >= 0.3 is 5.97 Å². The van der Waals surface area contributed by atoms with E-state index in [9.17, 15) is 9.59 Å². The normalized spacial score (nSPS) is 21.9. The van der Waals surface area contributed by atoms with Crippen molar-refractivity contribution in [2.24, 2.45) is 0 Å². The molecule has 1 amide bonds. The Morgan fingerprint density at radius 3 is 2.77 bits per heavy atom. The minimum Gasteiger partial charge on any atom is -0.480 e. The van der Waals surface area contributed by atoms with Crippen LogP contribution >= 0.6 is 0 Å². The molecule has 0 bridgehead atoms. The van der Waals surface area contributed by atoms with Crippen LogP contribution in [0, 0.1) is 0 Å². The molecule has 0 aromatic rings. The van der Waals surface area contributed by atoms with Gasteiger partial charge in [0.25, 0.3) is 0 Å². The van der Waals surface area contributed by atoms with Gasteiger partial charge in [-0.15, -0.1) is 0 Å². The molecule has 13 heavy (non-hydrogen) atoms. The maximum absolute atomic E-state index is 11.4. The van der Waals surface area contributed by atoms with Crippen LogP contribution in [0.4, 0.5) is 0 Å². The van der Waals surface area contributed by atoms with Crippen molar-refractivity contribution >= 4 is 11.9 Å². The Bertz CT molecular complexity index is 215. The van der Waals surface area contributed by atoms with Gasteiger partial charge in [-0.3, -0.25) is 4.79 Å². The lowest BCUT2D eigenvalue weighted by molar-refractivity contribution is -0.148. The molecule has 4 heteroatoms. The van der Waals surface area contributed by atoms with Gasteiger partial charge in [-0.2, -0.15) is 0 Å². The van der Waals surface area contributed by atoms with Crippen molar-refractivity contribution in [1.82, 2.24) is 4.90 Å². The number of nitrogens with zero attached hydrogens (tertiary/aromatic N) is 1. The topological polar surface area (TPSA) is 57.6 Å². The van der Waals surface area contributed by atoms with E-state index in [4.69, 9.17) is 5.11 Å². The Kier molecular flexibility index (Phi) is 3.28. The van der Waals surface area contributed by atoms with Crippen LogP contribution in [0.5, 0.6) is 0 Å². The third-order valence-electron chi connectivity index (χ3n) is 2.32. The van der Waals surface area contributed by atoms with Crippen LogP contribution < -0.4 is 0 Å². The Hall–Kier alpha value is -1.06. The molecule has 1 aliphatic rings. The van der Waals surface area contributed by atoms with E-state index in [1.54, 1.807) is 0 Å². The summed E-state index contributed by atoms with van der Waals surface area (Å²) >= 11 is 0. The molecular formula is C9H15NO3. The summed E-state index contributed by atoms with van der Waals surface area (Å²) in [5, 5.41) is 8.81. The standard InChI is InChI=1S/C9H15NO3/c1-2-4-8(11)10-6-3-5-7(10)9(12)13/h7H,2-6H2,1H3,(H,12,13)/t7-/m1/s1. The predicted octanol–water partition coefficient (Wildman–Crippen LogP) is 0.862. The second-order valence-electron chi connectivity index (χ2n) is 3.33. The second-order valence-corrected chi connectivity index (χ2v) is 3.33. The molecule has 0 radical (unpaired) electrons. The number of amides is 1. The number of hydrogen-bond acceptors (Lipinski definition) is 2. The van der Waals surface area contributed by atoms with E-state index >= 15 is 0 Å². The molecule has 1 rings (SSSR count). The number of hydrogen-bond donors (Lipinski definition) is 1. The van der Waals surface area contributed by atoms with Gasteiger partial charge in [-0.1, -0.05) is 6.92 Å². The van der Waals surface area contributed by atoms with Crippen LogP contribution in [-0.2, 0) is 9.59 Å². The Morgan fingerprint density at radius 1 is 1.54 bits per heavy atom. The predicted molar refractivity (Wildman–Crippen MR) is 47.3 cm³/mol. The summed E-state index contributed by atoms with van der Waals surface area (Å²) in [6, 6.07) is -0.570. The van der Waals surface area contributed by atoms with E-state index in [-0.39, 0.29) is 5.91 Å². The van der Waals surface area contributed by atoms with E-state index in [0.717, 1.165) is 12.8 Å². The van der Waals surface area contributed by atoms with Crippen LogP contribution in [0.25, 0.3) is 0 Å². The van der Waals surface area contributed by atoms with Crippen molar-refractivity contribution < 1.29 is 14.7 Å². The van der Waals surface area contributed by atoms with E-state index in [2.05, 4.69) is 0 Å². The SMILES string of the molecule is CCCC(=O)N1CCC[C@@H]1C(=O)O. The molecule has 0 unspecified atom stereocenters. The average molecular weight is 185 g/mol. The van der Waals surface area contributed by atoms with Crippen LogP contribution in [0.3, 0.4) is 0 Å². The maximum Gasteiger partial charge on any atom is 0.326 e. The van der Waals surface area contributed by atoms with Crippen LogP contribution in [0.2, 0.25) is 0 Å². The van der Waals surface area contributed by atoms with Crippen LogP contribution in [-0.4, -0.2) is 34.5 Å². The van der Waals surface area contributed by atoms with Crippen molar-refractivity contribution in [2.45, 2.75) is 38.6 Å². The molecule has 1 saturated heterocycles. The van der Waals surface area contributed by atoms with Crippen molar-refractivity contribution in [1.29, 1.82) is 0 Å². The Labute approximate surface area is 77.5 Å². The average Bonchev–Trinajstić information content (AvgIpc) is 2.52. The number of carbonyl (C=O) groups is 2. The number of carboxylic acid groups (broad SMARTS) is 1. The first-order valence-electron chi connectivity index (χ1n) is 4.69. The van der Waals surface area contributed by atoms with E-state index in [1.807, 2.05) is 6.92 Å². The largest absolute Gasteiger partial charge is 0.480 e. The third kappa shape index (κ3) is 2.20. The number of carbonyl (C=O) groups excluding carboxylic acids is 1. The van der Waals surface area contributed by atoms with Gasteiger partial charge in [0.15, 0.2) is 0 Å². The van der Waals surface area contributed by atoms with Gasteiger partial charge in [0.1, 0.15) is 6.04 Å². The summed E-state index contributed by atoms with van der Waals surface area (Å²) in [6.07, 6.45) is 2.66. The fourth-order valence-corrected chi connectivity index (χ4v) is 1.68. The minimum absolute atomic E-state index is 0.0209. The highest BCUT2D eigenvalue weighted by molar-refractivity contribution is 5.84. The molecule has 0 aromatic heterocycles. The number of carboxylic acids is 1. The smallest absolute Gasteiger partial charge is 0.326 e. The van der Waals surface area contributed by atoms with E-state index in [0.29, 0.717) is 19.4 Å². The van der Waals surface area contributed by atoms with Gasteiger partial charge < -0.3 is 10.0 Å². The number of likely N-dealkylation sites (tertiary alicyclic amines) is 1. The summed E-state index contributed by atoms with van der Waals surface area (Å²) in [7, 11) is 0. The van der Waals surface area contributed by atoms with Gasteiger partial charge in [0.05, 0.1) is 0 Å². The highest BCUT2D eigenvalue weighted by Gasteiger charge is 2.33. The molecule has 1 fully saturated rings. The molecule has 0 aromatic carbocycles. The highest BCUT2D eigenvalue weighted by Crippen LogP contribution is 2.18. The zero-order valence-corrected chi connectivity index (χ0v) is 7.82. The van der Waals surface area contributed by atoms with Crippen LogP contribution in [0.1, 0.15) is 32.6 Å². The van der Waals surface area contributed by atoms with Crippen molar-refractivity contribution in [3.05, 3.63) is 0 Å². The maximum atomic E-state index is 11.4. The highest BCUT2D eigenvalue weighted by atomic mass is 16.4. The monoisotopic (exact) mass is 185 g/mol. The summed E-state index contributed by atoms with van der Waals surface area (Å²) in [4.78, 5) is 23.6. The van der Waals surface area contributed by atoms with Crippen molar-refractivity contribution in [3.8, 4) is 0 Å².